The molecule has 1 aromatic carbocycles. The molecule has 0 spiro atoms. The molecule has 17 heavy (non-hydrogen) atoms. The minimum Gasteiger partial charge on any atom is -0.396 e. The molecule has 5 heteroatoms. The van der Waals surface area contributed by atoms with Gasteiger partial charge >= 0.3 is 0 Å². The van der Waals surface area contributed by atoms with E-state index in [-0.39, 0.29) is 12.4 Å². The van der Waals surface area contributed by atoms with E-state index < -0.39 is 0 Å². The Hall–Kier alpha value is -1.19. The first-order chi connectivity index (χ1) is 7.59. The molecule has 0 bridgehead atoms. The lowest BCUT2D eigenvalue weighted by Gasteiger charge is -2.11. The number of anilines is 1. The van der Waals surface area contributed by atoms with Crippen molar-refractivity contribution in [1.29, 1.82) is 0 Å². The Morgan fingerprint density at radius 1 is 1.35 bits per heavy atom. The molecule has 92 valence electrons. The Balaban J connectivity index is 0.00000144. The number of hydrogen-bond acceptors (Lipinski definition) is 2. The normalized spacial score (nSPS) is 10.4. The fraction of sp³-hybridized carbons (Fsp3) is 0.250. The summed E-state index contributed by atoms with van der Waals surface area (Å²) in [7, 11) is 0. The lowest BCUT2D eigenvalue weighted by molar-refractivity contribution is 0.736. The van der Waals surface area contributed by atoms with E-state index in [1.54, 1.807) is 6.20 Å². The van der Waals surface area contributed by atoms with Crippen LogP contribution in [0.3, 0.4) is 0 Å². The molecule has 3 nitrogen and oxygen atoms in total. The third kappa shape index (κ3) is 2.73. The van der Waals surface area contributed by atoms with Crippen molar-refractivity contribution in [2.24, 2.45) is 0 Å². The highest BCUT2D eigenvalue weighted by Crippen LogP contribution is 2.25. The molecule has 0 fully saturated rings. The van der Waals surface area contributed by atoms with Crippen LogP contribution in [0.25, 0.3) is 5.69 Å². The summed E-state index contributed by atoms with van der Waals surface area (Å²) >= 11 is 5.96. The Kier molecular flexibility index (Phi) is 4.43. The highest BCUT2D eigenvalue weighted by atomic mass is 35.5. The van der Waals surface area contributed by atoms with Gasteiger partial charge in [-0.1, -0.05) is 31.5 Å². The van der Waals surface area contributed by atoms with Crippen molar-refractivity contribution in [2.45, 2.75) is 19.8 Å². The Bertz CT molecular complexity index is 506. The maximum absolute atomic E-state index is 5.96. The lowest BCUT2D eigenvalue weighted by Crippen LogP contribution is -2.05. The molecule has 0 saturated heterocycles. The first-order valence-corrected chi connectivity index (χ1v) is 5.56. The number of benzene rings is 1. The highest BCUT2D eigenvalue weighted by molar-refractivity contribution is 6.30. The molecule has 0 radical (unpaired) electrons. The van der Waals surface area contributed by atoms with Gasteiger partial charge < -0.3 is 5.73 Å². The van der Waals surface area contributed by atoms with Crippen LogP contribution in [-0.2, 0) is 0 Å². The van der Waals surface area contributed by atoms with Crippen molar-refractivity contribution < 1.29 is 0 Å². The van der Waals surface area contributed by atoms with E-state index in [0.717, 1.165) is 17.1 Å². The molecule has 0 unspecified atom stereocenters. The van der Waals surface area contributed by atoms with Crippen molar-refractivity contribution in [2.75, 3.05) is 5.73 Å². The van der Waals surface area contributed by atoms with Crippen LogP contribution in [0.2, 0.25) is 5.02 Å². The fourth-order valence-corrected chi connectivity index (χ4v) is 1.95. The van der Waals surface area contributed by atoms with Crippen LogP contribution in [-0.4, -0.2) is 9.78 Å². The fourth-order valence-electron chi connectivity index (χ4n) is 1.76. The molecule has 0 aliphatic carbocycles. The van der Waals surface area contributed by atoms with Gasteiger partial charge in [-0.25, -0.2) is 4.68 Å². The second-order valence-electron chi connectivity index (χ2n) is 4.03. The van der Waals surface area contributed by atoms with Gasteiger partial charge in [0.1, 0.15) is 0 Å². The lowest BCUT2D eigenvalue weighted by atomic mass is 10.1. The van der Waals surface area contributed by atoms with Crippen LogP contribution in [0.4, 0.5) is 5.69 Å². The molecule has 1 aromatic heterocycles. The van der Waals surface area contributed by atoms with Crippen molar-refractivity contribution in [3.63, 3.8) is 0 Å². The molecule has 0 atom stereocenters. The van der Waals surface area contributed by atoms with E-state index in [1.165, 1.54) is 0 Å². The Morgan fingerprint density at radius 2 is 2.06 bits per heavy atom. The zero-order valence-corrected chi connectivity index (χ0v) is 11.3. The molecular formula is C12H15Cl2N3. The van der Waals surface area contributed by atoms with Crippen LogP contribution < -0.4 is 5.73 Å². The molecular weight excluding hydrogens is 257 g/mol. The summed E-state index contributed by atoms with van der Waals surface area (Å²) in [6.07, 6.45) is 1.68. The molecule has 1 heterocycles. The van der Waals surface area contributed by atoms with E-state index >= 15 is 0 Å². The largest absolute Gasteiger partial charge is 0.396 e. The van der Waals surface area contributed by atoms with Crippen LogP contribution in [0.5, 0.6) is 0 Å². The van der Waals surface area contributed by atoms with Gasteiger partial charge in [-0.05, 0) is 24.1 Å². The molecule has 2 rings (SSSR count). The number of nitrogens with zero attached hydrogens (tertiary/aromatic N) is 2. The number of nitrogen functional groups attached to an aromatic ring is 1. The van der Waals surface area contributed by atoms with Gasteiger partial charge in [-0.3, -0.25) is 0 Å². The summed E-state index contributed by atoms with van der Waals surface area (Å²) in [6.45, 7) is 4.18. The van der Waals surface area contributed by atoms with Gasteiger partial charge in [0, 0.05) is 5.02 Å². The van der Waals surface area contributed by atoms with E-state index in [4.69, 9.17) is 17.3 Å². The molecule has 0 aliphatic rings. The Labute approximate surface area is 112 Å². The van der Waals surface area contributed by atoms with E-state index in [2.05, 4.69) is 18.9 Å². The van der Waals surface area contributed by atoms with Gasteiger partial charge in [0.05, 0.1) is 23.3 Å². The predicted molar refractivity (Wildman–Crippen MR) is 74.3 cm³/mol. The van der Waals surface area contributed by atoms with E-state index in [1.807, 2.05) is 28.9 Å². The van der Waals surface area contributed by atoms with Gasteiger partial charge in [-0.2, -0.15) is 5.10 Å². The van der Waals surface area contributed by atoms with Crippen LogP contribution in [0, 0.1) is 0 Å². The molecule has 0 saturated carbocycles. The molecule has 0 aliphatic heterocycles. The number of nitrogens with two attached hydrogens (primary N) is 1. The van der Waals surface area contributed by atoms with Gasteiger partial charge in [0.15, 0.2) is 0 Å². The average molecular weight is 272 g/mol. The summed E-state index contributed by atoms with van der Waals surface area (Å²) in [5.41, 5.74) is 8.57. The topological polar surface area (TPSA) is 43.8 Å². The maximum atomic E-state index is 5.96. The average Bonchev–Trinajstić information content (AvgIpc) is 2.60. The molecule has 0 amide bonds. The van der Waals surface area contributed by atoms with Crippen LogP contribution >= 0.6 is 24.0 Å². The number of rotatable bonds is 2. The SMILES string of the molecule is CC(C)c1c(N)cnn1-c1cccc(Cl)c1.Cl. The molecule has 2 aromatic rings. The van der Waals surface area contributed by atoms with Crippen LogP contribution in [0.15, 0.2) is 30.5 Å². The number of hydrogen-bond donors (Lipinski definition) is 1. The minimum atomic E-state index is 0. The standard InChI is InChI=1S/C12H14ClN3.ClH/c1-8(2)12-11(14)7-15-16(12)10-5-3-4-9(13)6-10;/h3-8H,14H2,1-2H3;1H. The van der Waals surface area contributed by atoms with Crippen molar-refractivity contribution in [3.8, 4) is 5.69 Å². The zero-order chi connectivity index (χ0) is 11.7. The summed E-state index contributed by atoms with van der Waals surface area (Å²) in [6, 6.07) is 7.58. The monoisotopic (exact) mass is 271 g/mol. The second-order valence-corrected chi connectivity index (χ2v) is 4.47. The summed E-state index contributed by atoms with van der Waals surface area (Å²) < 4.78 is 1.84. The number of halogens is 2. The maximum Gasteiger partial charge on any atom is 0.0740 e. The summed E-state index contributed by atoms with van der Waals surface area (Å²) in [4.78, 5) is 0. The minimum absolute atomic E-state index is 0. The third-order valence-electron chi connectivity index (χ3n) is 2.44. The van der Waals surface area contributed by atoms with Gasteiger partial charge in [-0.15, -0.1) is 12.4 Å². The third-order valence-corrected chi connectivity index (χ3v) is 2.67. The highest BCUT2D eigenvalue weighted by Gasteiger charge is 2.13. The quantitative estimate of drug-likeness (QED) is 0.906. The predicted octanol–water partition coefficient (Wildman–Crippen LogP) is 3.65. The summed E-state index contributed by atoms with van der Waals surface area (Å²) in [5.74, 6) is 0.321. The van der Waals surface area contributed by atoms with Crippen molar-refractivity contribution >= 4 is 29.7 Å². The van der Waals surface area contributed by atoms with Gasteiger partial charge in [0.2, 0.25) is 0 Å². The Morgan fingerprint density at radius 3 is 2.65 bits per heavy atom. The first kappa shape index (κ1) is 13.9. The smallest absolute Gasteiger partial charge is 0.0740 e. The molecule has 2 N–H and O–H groups in total. The van der Waals surface area contributed by atoms with Crippen molar-refractivity contribution in [3.05, 3.63) is 41.2 Å². The number of aromatic nitrogens is 2. The van der Waals surface area contributed by atoms with Gasteiger partial charge in [0.25, 0.3) is 0 Å². The zero-order valence-electron chi connectivity index (χ0n) is 9.72. The van der Waals surface area contributed by atoms with Crippen molar-refractivity contribution in [1.82, 2.24) is 9.78 Å². The first-order valence-electron chi connectivity index (χ1n) is 5.19. The van der Waals surface area contributed by atoms with E-state index in [9.17, 15) is 0 Å². The van der Waals surface area contributed by atoms with E-state index in [0.29, 0.717) is 10.9 Å². The summed E-state index contributed by atoms with van der Waals surface area (Å²) in [5, 5.41) is 4.98. The van der Waals surface area contributed by atoms with Crippen LogP contribution in [0.1, 0.15) is 25.5 Å². The second kappa shape index (κ2) is 5.43.